The first kappa shape index (κ1) is 17.6. The van der Waals surface area contributed by atoms with E-state index in [2.05, 4.69) is 27.7 Å². The van der Waals surface area contributed by atoms with Crippen LogP contribution in [0.2, 0.25) is 0 Å². The van der Waals surface area contributed by atoms with Crippen LogP contribution in [-0.2, 0) is 17.9 Å². The second kappa shape index (κ2) is 10.3. The van der Waals surface area contributed by atoms with Crippen LogP contribution in [0.3, 0.4) is 0 Å². The van der Waals surface area contributed by atoms with Crippen LogP contribution in [0, 0.1) is 0 Å². The molecule has 1 aromatic rings. The molecule has 0 atom stereocenters. The number of carbonyl (C=O) groups excluding carboxylic acids is 1. The highest BCUT2D eigenvalue weighted by Gasteiger charge is 2.01. The third-order valence-electron chi connectivity index (χ3n) is 3.19. The standard InChI is InChI=1S/C16H28N4O/c1-20(2)10-4-8-19-16(21)7-9-18-13-15-6-3-5-14(11-15)12-17/h3,5-6,11,18H,4,7-10,12-13,17H2,1-2H3,(H,19,21). The molecule has 118 valence electrons. The molecule has 0 saturated heterocycles. The van der Waals surface area contributed by atoms with Crippen molar-refractivity contribution >= 4 is 5.91 Å². The molecule has 0 aromatic heterocycles. The van der Waals surface area contributed by atoms with Crippen molar-refractivity contribution in [2.24, 2.45) is 5.73 Å². The van der Waals surface area contributed by atoms with Crippen LogP contribution in [0.4, 0.5) is 0 Å². The predicted octanol–water partition coefficient (Wildman–Crippen LogP) is 0.693. The first-order chi connectivity index (χ1) is 10.1. The molecule has 0 fully saturated rings. The minimum Gasteiger partial charge on any atom is -0.356 e. The summed E-state index contributed by atoms with van der Waals surface area (Å²) in [4.78, 5) is 13.7. The van der Waals surface area contributed by atoms with E-state index in [4.69, 9.17) is 5.73 Å². The van der Waals surface area contributed by atoms with Gasteiger partial charge in [0.1, 0.15) is 0 Å². The van der Waals surface area contributed by atoms with Gasteiger partial charge in [-0.15, -0.1) is 0 Å². The van der Waals surface area contributed by atoms with Crippen molar-refractivity contribution in [3.8, 4) is 0 Å². The van der Waals surface area contributed by atoms with Gasteiger partial charge in [-0.2, -0.15) is 0 Å². The monoisotopic (exact) mass is 292 g/mol. The van der Waals surface area contributed by atoms with E-state index in [-0.39, 0.29) is 5.91 Å². The smallest absolute Gasteiger partial charge is 0.221 e. The number of nitrogens with one attached hydrogen (secondary N) is 2. The van der Waals surface area contributed by atoms with Gasteiger partial charge in [-0.25, -0.2) is 0 Å². The molecule has 0 unspecified atom stereocenters. The molecule has 0 heterocycles. The summed E-state index contributed by atoms with van der Waals surface area (Å²) in [6, 6.07) is 8.18. The Morgan fingerprint density at radius 2 is 2.00 bits per heavy atom. The average Bonchev–Trinajstić information content (AvgIpc) is 2.48. The predicted molar refractivity (Wildman–Crippen MR) is 86.8 cm³/mol. The molecule has 1 amide bonds. The maximum atomic E-state index is 11.6. The van der Waals surface area contributed by atoms with Gasteiger partial charge in [-0.05, 0) is 38.2 Å². The third-order valence-corrected chi connectivity index (χ3v) is 3.19. The van der Waals surface area contributed by atoms with Crippen molar-refractivity contribution in [3.63, 3.8) is 0 Å². The minimum atomic E-state index is 0.108. The molecule has 1 rings (SSSR count). The molecular weight excluding hydrogens is 264 g/mol. The highest BCUT2D eigenvalue weighted by molar-refractivity contribution is 5.75. The van der Waals surface area contributed by atoms with E-state index in [9.17, 15) is 4.79 Å². The lowest BCUT2D eigenvalue weighted by molar-refractivity contribution is -0.121. The molecule has 4 N–H and O–H groups in total. The van der Waals surface area contributed by atoms with Crippen molar-refractivity contribution in [1.29, 1.82) is 0 Å². The van der Waals surface area contributed by atoms with Gasteiger partial charge in [0.2, 0.25) is 5.91 Å². The van der Waals surface area contributed by atoms with Gasteiger partial charge < -0.3 is 21.3 Å². The molecule has 5 heteroatoms. The molecule has 0 radical (unpaired) electrons. The van der Waals surface area contributed by atoms with Crippen LogP contribution in [0.25, 0.3) is 0 Å². The Bertz CT molecular complexity index is 420. The number of amides is 1. The van der Waals surface area contributed by atoms with E-state index in [1.807, 2.05) is 26.2 Å². The Morgan fingerprint density at radius 1 is 1.24 bits per heavy atom. The van der Waals surface area contributed by atoms with E-state index < -0.39 is 0 Å². The zero-order valence-electron chi connectivity index (χ0n) is 13.2. The van der Waals surface area contributed by atoms with E-state index in [1.165, 1.54) is 5.56 Å². The molecular formula is C16H28N4O. The quantitative estimate of drug-likeness (QED) is 0.555. The van der Waals surface area contributed by atoms with Crippen LogP contribution in [0.5, 0.6) is 0 Å². The van der Waals surface area contributed by atoms with Gasteiger partial charge in [0.25, 0.3) is 0 Å². The summed E-state index contributed by atoms with van der Waals surface area (Å²) in [6.07, 6.45) is 1.50. The fourth-order valence-electron chi connectivity index (χ4n) is 2.01. The lowest BCUT2D eigenvalue weighted by atomic mass is 10.1. The summed E-state index contributed by atoms with van der Waals surface area (Å²) >= 11 is 0. The Kier molecular flexibility index (Phi) is 8.66. The van der Waals surface area contributed by atoms with Crippen LogP contribution in [0.1, 0.15) is 24.0 Å². The summed E-state index contributed by atoms with van der Waals surface area (Å²) in [6.45, 7) is 3.75. The zero-order chi connectivity index (χ0) is 15.5. The fourth-order valence-corrected chi connectivity index (χ4v) is 2.01. The molecule has 21 heavy (non-hydrogen) atoms. The van der Waals surface area contributed by atoms with Gasteiger partial charge in [-0.3, -0.25) is 4.79 Å². The van der Waals surface area contributed by atoms with Crippen molar-refractivity contribution in [2.45, 2.75) is 25.9 Å². The van der Waals surface area contributed by atoms with E-state index in [0.29, 0.717) is 19.5 Å². The Balaban J connectivity index is 2.09. The molecule has 0 aliphatic carbocycles. The number of hydrogen-bond donors (Lipinski definition) is 3. The summed E-state index contributed by atoms with van der Waals surface area (Å²) in [7, 11) is 4.07. The molecule has 5 nitrogen and oxygen atoms in total. The number of nitrogens with zero attached hydrogens (tertiary/aromatic N) is 1. The minimum absolute atomic E-state index is 0.108. The summed E-state index contributed by atoms with van der Waals surface area (Å²) in [5, 5.41) is 6.22. The van der Waals surface area contributed by atoms with Gasteiger partial charge in [0.05, 0.1) is 0 Å². The average molecular weight is 292 g/mol. The van der Waals surface area contributed by atoms with Gasteiger partial charge >= 0.3 is 0 Å². The largest absolute Gasteiger partial charge is 0.356 e. The molecule has 0 aliphatic heterocycles. The maximum absolute atomic E-state index is 11.6. The number of benzene rings is 1. The SMILES string of the molecule is CN(C)CCCNC(=O)CCNCc1cccc(CN)c1. The molecule has 0 saturated carbocycles. The van der Waals surface area contributed by atoms with Gasteiger partial charge in [0, 0.05) is 32.6 Å². The Morgan fingerprint density at radius 3 is 2.71 bits per heavy atom. The lowest BCUT2D eigenvalue weighted by Crippen LogP contribution is -2.29. The molecule has 1 aromatic carbocycles. The van der Waals surface area contributed by atoms with Crippen LogP contribution < -0.4 is 16.4 Å². The van der Waals surface area contributed by atoms with Crippen LogP contribution in [-0.4, -0.2) is 44.5 Å². The highest BCUT2D eigenvalue weighted by atomic mass is 16.1. The maximum Gasteiger partial charge on any atom is 0.221 e. The van der Waals surface area contributed by atoms with Gasteiger partial charge in [-0.1, -0.05) is 24.3 Å². The van der Waals surface area contributed by atoms with Crippen molar-refractivity contribution < 1.29 is 4.79 Å². The molecule has 0 aliphatic rings. The number of rotatable bonds is 10. The topological polar surface area (TPSA) is 70.4 Å². The lowest BCUT2D eigenvalue weighted by Gasteiger charge is -2.10. The fraction of sp³-hybridized carbons (Fsp3) is 0.562. The Hall–Kier alpha value is -1.43. The highest BCUT2D eigenvalue weighted by Crippen LogP contribution is 2.04. The number of nitrogens with two attached hydrogens (primary N) is 1. The van der Waals surface area contributed by atoms with Crippen molar-refractivity contribution in [2.75, 3.05) is 33.7 Å². The second-order valence-electron chi connectivity index (χ2n) is 5.46. The summed E-state index contributed by atoms with van der Waals surface area (Å²) in [5.74, 6) is 0.108. The normalized spacial score (nSPS) is 10.9. The van der Waals surface area contributed by atoms with Crippen LogP contribution in [0.15, 0.2) is 24.3 Å². The number of carbonyl (C=O) groups is 1. The first-order valence-corrected chi connectivity index (χ1v) is 7.52. The summed E-state index contributed by atoms with van der Waals surface area (Å²) < 4.78 is 0. The third kappa shape index (κ3) is 8.45. The van der Waals surface area contributed by atoms with Gasteiger partial charge in [0.15, 0.2) is 0 Å². The molecule has 0 spiro atoms. The van der Waals surface area contributed by atoms with Crippen LogP contribution >= 0.6 is 0 Å². The van der Waals surface area contributed by atoms with E-state index >= 15 is 0 Å². The van der Waals surface area contributed by atoms with E-state index in [0.717, 1.165) is 31.6 Å². The number of hydrogen-bond acceptors (Lipinski definition) is 4. The van der Waals surface area contributed by atoms with Crippen molar-refractivity contribution in [3.05, 3.63) is 35.4 Å². The first-order valence-electron chi connectivity index (χ1n) is 7.52. The van der Waals surface area contributed by atoms with E-state index in [1.54, 1.807) is 0 Å². The molecule has 0 bridgehead atoms. The Labute approximate surface area is 127 Å². The second-order valence-corrected chi connectivity index (χ2v) is 5.46. The zero-order valence-corrected chi connectivity index (χ0v) is 13.2. The summed E-state index contributed by atoms with van der Waals surface area (Å²) in [5.41, 5.74) is 7.94. The van der Waals surface area contributed by atoms with Crippen molar-refractivity contribution in [1.82, 2.24) is 15.5 Å².